The van der Waals surface area contributed by atoms with Gasteiger partial charge in [0.25, 0.3) is 5.91 Å². The topological polar surface area (TPSA) is 64.3 Å². The van der Waals surface area contributed by atoms with Gasteiger partial charge in [-0.25, -0.2) is 0 Å². The Morgan fingerprint density at radius 2 is 2.25 bits per heavy atom. The lowest BCUT2D eigenvalue weighted by Gasteiger charge is -2.04. The molecular formula is C15H20N2O2S. The number of amides is 1. The fourth-order valence-electron chi connectivity index (χ4n) is 1.99. The third-order valence-electron chi connectivity index (χ3n) is 3.05. The van der Waals surface area contributed by atoms with Crippen LogP contribution in [0.1, 0.15) is 28.6 Å². The van der Waals surface area contributed by atoms with Gasteiger partial charge in [0.15, 0.2) is 0 Å². The highest BCUT2D eigenvalue weighted by atomic mass is 32.1. The van der Waals surface area contributed by atoms with Gasteiger partial charge in [-0.2, -0.15) is 0 Å². The summed E-state index contributed by atoms with van der Waals surface area (Å²) in [5, 5.41) is 3.84. The second-order valence-electron chi connectivity index (χ2n) is 4.65. The minimum Gasteiger partial charge on any atom is -0.397 e. The monoisotopic (exact) mass is 292 g/mol. The van der Waals surface area contributed by atoms with Crippen molar-refractivity contribution < 1.29 is 9.53 Å². The Morgan fingerprint density at radius 3 is 3.00 bits per heavy atom. The van der Waals surface area contributed by atoms with E-state index >= 15 is 0 Å². The number of carbonyl (C=O) groups is 1. The van der Waals surface area contributed by atoms with E-state index in [0.29, 0.717) is 30.3 Å². The molecule has 0 unspecified atom stereocenters. The Balaban J connectivity index is 2.04. The number of nitrogens with two attached hydrogens (primary N) is 1. The Bertz CT molecular complexity index is 607. The first-order valence-electron chi connectivity index (χ1n) is 6.78. The summed E-state index contributed by atoms with van der Waals surface area (Å²) in [4.78, 5) is 12.7. The molecule has 0 aliphatic rings. The summed E-state index contributed by atoms with van der Waals surface area (Å²) in [7, 11) is 0. The number of nitrogen functional groups attached to an aromatic ring is 1. The first kappa shape index (κ1) is 14.8. The fourth-order valence-corrected chi connectivity index (χ4v) is 3.13. The molecule has 2 aromatic rings. The van der Waals surface area contributed by atoms with Crippen molar-refractivity contribution in [1.82, 2.24) is 5.32 Å². The third kappa shape index (κ3) is 3.29. The predicted molar refractivity (Wildman–Crippen MR) is 84.4 cm³/mol. The molecule has 3 N–H and O–H groups in total. The van der Waals surface area contributed by atoms with E-state index < -0.39 is 0 Å². The third-order valence-corrected chi connectivity index (χ3v) is 4.21. The van der Waals surface area contributed by atoms with Crippen LogP contribution in [0.4, 0.5) is 5.69 Å². The van der Waals surface area contributed by atoms with Gasteiger partial charge in [-0.15, -0.1) is 11.3 Å². The number of anilines is 1. The lowest BCUT2D eigenvalue weighted by molar-refractivity contribution is 0.0949. The number of hydrogen-bond acceptors (Lipinski definition) is 4. The number of ether oxygens (including phenoxy) is 1. The summed E-state index contributed by atoms with van der Waals surface area (Å²) in [6, 6.07) is 6.04. The number of carbonyl (C=O) groups excluding carboxylic acids is 1. The molecule has 1 heterocycles. The zero-order chi connectivity index (χ0) is 14.5. The number of nitrogens with one attached hydrogen (secondary N) is 1. The Kier molecular flexibility index (Phi) is 4.98. The molecule has 1 aromatic heterocycles. The van der Waals surface area contributed by atoms with E-state index in [-0.39, 0.29) is 5.91 Å². The maximum atomic E-state index is 12.1. The van der Waals surface area contributed by atoms with E-state index in [0.717, 1.165) is 16.5 Å². The van der Waals surface area contributed by atoms with Crippen LogP contribution in [0.15, 0.2) is 18.2 Å². The normalized spacial score (nSPS) is 10.9. The molecular weight excluding hydrogens is 272 g/mol. The Hall–Kier alpha value is -1.59. The molecule has 1 amide bonds. The zero-order valence-corrected chi connectivity index (χ0v) is 12.7. The van der Waals surface area contributed by atoms with Crippen molar-refractivity contribution in [2.24, 2.45) is 0 Å². The van der Waals surface area contributed by atoms with Gasteiger partial charge in [-0.05, 0) is 31.9 Å². The van der Waals surface area contributed by atoms with Crippen molar-refractivity contribution in [3.05, 3.63) is 28.6 Å². The van der Waals surface area contributed by atoms with E-state index in [1.807, 2.05) is 26.0 Å². The van der Waals surface area contributed by atoms with E-state index in [1.165, 1.54) is 16.9 Å². The largest absolute Gasteiger partial charge is 0.397 e. The van der Waals surface area contributed by atoms with Crippen LogP contribution < -0.4 is 11.1 Å². The molecule has 0 saturated carbocycles. The molecule has 0 fully saturated rings. The van der Waals surface area contributed by atoms with Crippen molar-refractivity contribution in [1.29, 1.82) is 0 Å². The van der Waals surface area contributed by atoms with Gasteiger partial charge in [0.2, 0.25) is 0 Å². The second kappa shape index (κ2) is 6.72. The van der Waals surface area contributed by atoms with Crippen molar-refractivity contribution in [3.63, 3.8) is 0 Å². The molecule has 0 saturated heterocycles. The summed E-state index contributed by atoms with van der Waals surface area (Å²) < 4.78 is 6.29. The van der Waals surface area contributed by atoms with Gasteiger partial charge in [0.1, 0.15) is 4.88 Å². The number of fused-ring (bicyclic) bond motifs is 1. The van der Waals surface area contributed by atoms with Gasteiger partial charge in [0.05, 0.1) is 5.69 Å². The lowest BCUT2D eigenvalue weighted by atomic mass is 10.1. The number of rotatable bonds is 6. The van der Waals surface area contributed by atoms with Crippen molar-refractivity contribution in [2.75, 3.05) is 25.5 Å². The Labute approximate surface area is 122 Å². The van der Waals surface area contributed by atoms with E-state index in [9.17, 15) is 4.79 Å². The highest BCUT2D eigenvalue weighted by Gasteiger charge is 2.15. The summed E-state index contributed by atoms with van der Waals surface area (Å²) in [5.41, 5.74) is 7.81. The van der Waals surface area contributed by atoms with Crippen LogP contribution in [0, 0.1) is 6.92 Å². The standard InChI is InChI=1S/C15H20N2O2S/c1-3-19-8-4-7-17-15(18)14-13(16)11-6-5-10(2)9-12(11)20-14/h5-6,9H,3-4,7-8,16H2,1-2H3,(H,17,18). The van der Waals surface area contributed by atoms with Crippen LogP contribution >= 0.6 is 11.3 Å². The molecule has 0 spiro atoms. The SMILES string of the molecule is CCOCCCNC(=O)c1sc2cc(C)ccc2c1N. The highest BCUT2D eigenvalue weighted by molar-refractivity contribution is 7.21. The molecule has 0 atom stereocenters. The van der Waals surface area contributed by atoms with Crippen LogP contribution in [-0.4, -0.2) is 25.7 Å². The lowest BCUT2D eigenvalue weighted by Crippen LogP contribution is -2.25. The molecule has 0 bridgehead atoms. The zero-order valence-electron chi connectivity index (χ0n) is 11.9. The van der Waals surface area contributed by atoms with Crippen LogP contribution in [0.2, 0.25) is 0 Å². The minimum atomic E-state index is -0.0992. The fraction of sp³-hybridized carbons (Fsp3) is 0.400. The van der Waals surface area contributed by atoms with Crippen molar-refractivity contribution in [2.45, 2.75) is 20.3 Å². The maximum Gasteiger partial charge on any atom is 0.263 e. The van der Waals surface area contributed by atoms with E-state index in [4.69, 9.17) is 10.5 Å². The average molecular weight is 292 g/mol. The first-order valence-corrected chi connectivity index (χ1v) is 7.59. The second-order valence-corrected chi connectivity index (χ2v) is 5.70. The van der Waals surface area contributed by atoms with Gasteiger partial charge in [0, 0.05) is 29.8 Å². The van der Waals surface area contributed by atoms with Crippen LogP contribution in [0.5, 0.6) is 0 Å². The summed E-state index contributed by atoms with van der Waals surface area (Å²) in [6.07, 6.45) is 0.809. The van der Waals surface area contributed by atoms with Gasteiger partial charge >= 0.3 is 0 Å². The molecule has 0 aliphatic heterocycles. The van der Waals surface area contributed by atoms with Crippen LogP contribution in [-0.2, 0) is 4.74 Å². The average Bonchev–Trinajstić information content (AvgIpc) is 2.75. The minimum absolute atomic E-state index is 0.0992. The van der Waals surface area contributed by atoms with Gasteiger partial charge in [-0.3, -0.25) is 4.79 Å². The highest BCUT2D eigenvalue weighted by Crippen LogP contribution is 2.34. The van der Waals surface area contributed by atoms with Crippen molar-refractivity contribution in [3.8, 4) is 0 Å². The van der Waals surface area contributed by atoms with Crippen LogP contribution in [0.25, 0.3) is 10.1 Å². The smallest absolute Gasteiger partial charge is 0.263 e. The molecule has 0 aliphatic carbocycles. The summed E-state index contributed by atoms with van der Waals surface area (Å²) in [5.74, 6) is -0.0992. The molecule has 108 valence electrons. The molecule has 4 nitrogen and oxygen atoms in total. The number of benzene rings is 1. The van der Waals surface area contributed by atoms with Gasteiger partial charge in [-0.1, -0.05) is 12.1 Å². The van der Waals surface area contributed by atoms with Gasteiger partial charge < -0.3 is 15.8 Å². The molecule has 20 heavy (non-hydrogen) atoms. The number of hydrogen-bond donors (Lipinski definition) is 2. The molecule has 0 radical (unpaired) electrons. The van der Waals surface area contributed by atoms with Crippen LogP contribution in [0.3, 0.4) is 0 Å². The maximum absolute atomic E-state index is 12.1. The van der Waals surface area contributed by atoms with E-state index in [1.54, 1.807) is 0 Å². The number of aryl methyl sites for hydroxylation is 1. The predicted octanol–water partition coefficient (Wildman–Crippen LogP) is 2.95. The van der Waals surface area contributed by atoms with Crippen molar-refractivity contribution >= 4 is 33.0 Å². The molecule has 5 heteroatoms. The summed E-state index contributed by atoms with van der Waals surface area (Å²) in [6.45, 7) is 5.96. The Morgan fingerprint density at radius 1 is 1.45 bits per heavy atom. The molecule has 2 rings (SSSR count). The number of thiophene rings is 1. The first-order chi connectivity index (χ1) is 9.63. The molecule has 1 aromatic carbocycles. The quantitative estimate of drug-likeness (QED) is 0.805. The van der Waals surface area contributed by atoms with E-state index in [2.05, 4.69) is 11.4 Å². The summed E-state index contributed by atoms with van der Waals surface area (Å²) >= 11 is 1.45.